The molecule has 1 saturated heterocycles. The van der Waals surface area contributed by atoms with E-state index < -0.39 is 6.04 Å². The molecule has 5 N–H and O–H groups in total. The van der Waals surface area contributed by atoms with E-state index in [4.69, 9.17) is 50.2 Å². The van der Waals surface area contributed by atoms with Crippen molar-refractivity contribution >= 4 is 75.0 Å². The molecule has 1 aromatic carbocycles. The van der Waals surface area contributed by atoms with Gasteiger partial charge in [-0.15, -0.1) is 26.6 Å². The van der Waals surface area contributed by atoms with E-state index in [0.717, 1.165) is 39.6 Å². The van der Waals surface area contributed by atoms with Crippen LogP contribution in [0.2, 0.25) is 5.02 Å². The van der Waals surface area contributed by atoms with Crippen LogP contribution in [0, 0.1) is 20.8 Å². The highest BCUT2D eigenvalue weighted by Gasteiger charge is 2.33. The highest BCUT2D eigenvalue weighted by molar-refractivity contribution is 7.15. The number of hydrogen-bond donors (Lipinski definition) is 5. The molecule has 6 aromatic rings. The lowest BCUT2D eigenvalue weighted by molar-refractivity contribution is -0.123. The first-order valence-electron chi connectivity index (χ1n) is 25.5. The molecular weight excluding hydrogens is 1030 g/mol. The molecular formula is C51H67ClN16O8S. The van der Waals surface area contributed by atoms with Gasteiger partial charge >= 0.3 is 0 Å². The van der Waals surface area contributed by atoms with Crippen molar-refractivity contribution in [2.24, 2.45) is 19.1 Å². The molecule has 5 aromatic heterocycles. The number of aromatic nitrogens is 9. The first-order valence-corrected chi connectivity index (χ1v) is 26.7. The van der Waals surface area contributed by atoms with Gasteiger partial charge in [-0.05, 0) is 44.9 Å². The molecule has 26 heteroatoms. The average Bonchev–Trinajstić information content (AvgIpc) is 4.25. The maximum atomic E-state index is 13.2. The van der Waals surface area contributed by atoms with Crippen LogP contribution >= 0.6 is 22.9 Å². The van der Waals surface area contributed by atoms with Crippen LogP contribution in [-0.2, 0) is 47.4 Å². The lowest BCUT2D eigenvalue weighted by atomic mass is 9.99. The monoisotopic (exact) mass is 1100 g/mol. The second kappa shape index (κ2) is 26.9. The van der Waals surface area contributed by atoms with Gasteiger partial charge < -0.3 is 59.7 Å². The number of imidazole rings is 1. The number of carbonyl (C=O) groups excluding carboxylic acids is 3. The minimum absolute atomic E-state index is 0.0834. The molecule has 24 nitrogen and oxygen atoms in total. The van der Waals surface area contributed by atoms with E-state index in [2.05, 4.69) is 72.2 Å². The van der Waals surface area contributed by atoms with Gasteiger partial charge in [0.1, 0.15) is 22.6 Å². The van der Waals surface area contributed by atoms with E-state index in [1.165, 1.54) is 4.88 Å². The number of carbonyl (C=O) groups is 3. The molecule has 2 atom stereocenters. The number of hydrogen-bond acceptors (Lipinski definition) is 19. The summed E-state index contributed by atoms with van der Waals surface area (Å²) in [5.74, 6) is 2.23. The topological polar surface area (TPSA) is 265 Å². The fourth-order valence-corrected chi connectivity index (χ4v) is 10.0. The SMILES string of the molecule is C=C(CN[C@H]1CCN(c2nc(Nc3cn(C)nc3OC)c3ncn(C)c3n2)C1)C(=O)NCCNC(=O)CCOCCOCCOCCOCCNC(=O)C[C@H]1N=C(c2ccc(Cl)cc2)c2c(sc(C)c2C)-n2c(C)nnc21. The summed E-state index contributed by atoms with van der Waals surface area (Å²) in [6.45, 7) is 15.3. The zero-order chi connectivity index (χ0) is 54.4. The Bertz CT molecular complexity index is 3040. The van der Waals surface area contributed by atoms with Crippen LogP contribution in [0.15, 0.2) is 53.9 Å². The van der Waals surface area contributed by atoms with Crippen LogP contribution in [0.25, 0.3) is 16.2 Å². The summed E-state index contributed by atoms with van der Waals surface area (Å²) in [5, 5.41) is 30.1. The van der Waals surface area contributed by atoms with E-state index >= 15 is 0 Å². The summed E-state index contributed by atoms with van der Waals surface area (Å²) >= 11 is 7.89. The maximum Gasteiger partial charge on any atom is 0.256 e. The Hall–Kier alpha value is -6.87. The van der Waals surface area contributed by atoms with Crippen molar-refractivity contribution in [3.8, 4) is 10.9 Å². The summed E-state index contributed by atoms with van der Waals surface area (Å²) in [5.41, 5.74) is 6.19. The normalized spacial score (nSPS) is 15.0. The number of thiophene rings is 1. The van der Waals surface area contributed by atoms with Crippen molar-refractivity contribution in [1.29, 1.82) is 0 Å². The molecule has 0 aliphatic carbocycles. The van der Waals surface area contributed by atoms with Gasteiger partial charge in [-0.25, -0.2) is 4.98 Å². The molecule has 0 saturated carbocycles. The number of aliphatic imine (C=N–C) groups is 1. The third-order valence-corrected chi connectivity index (χ3v) is 14.3. The fraction of sp³-hybridized carbons (Fsp3) is 0.490. The van der Waals surface area contributed by atoms with Crippen LogP contribution in [-0.4, -0.2) is 173 Å². The number of ether oxygens (including phenoxy) is 5. The van der Waals surface area contributed by atoms with E-state index in [0.29, 0.717) is 123 Å². The fourth-order valence-electron chi connectivity index (χ4n) is 8.67. The van der Waals surface area contributed by atoms with Gasteiger partial charge in [0.15, 0.2) is 22.8 Å². The van der Waals surface area contributed by atoms with Crippen LogP contribution in [0.1, 0.15) is 58.5 Å². The van der Waals surface area contributed by atoms with Crippen LogP contribution < -0.4 is 36.2 Å². The van der Waals surface area contributed by atoms with Crippen molar-refractivity contribution in [3.05, 3.63) is 87.2 Å². The van der Waals surface area contributed by atoms with Gasteiger partial charge in [0.25, 0.3) is 5.88 Å². The minimum Gasteiger partial charge on any atom is -0.478 e. The zero-order valence-corrected chi connectivity index (χ0v) is 45.9. The summed E-state index contributed by atoms with van der Waals surface area (Å²) in [6.07, 6.45) is 4.59. The number of methoxy groups -OCH3 is 1. The van der Waals surface area contributed by atoms with E-state index in [1.54, 1.807) is 29.5 Å². The van der Waals surface area contributed by atoms with Crippen molar-refractivity contribution in [2.75, 3.05) is 109 Å². The Morgan fingerprint density at radius 3 is 2.31 bits per heavy atom. The molecule has 3 amide bonds. The van der Waals surface area contributed by atoms with E-state index in [1.807, 2.05) is 60.6 Å². The Balaban J connectivity index is 0.617. The Morgan fingerprint density at radius 2 is 1.57 bits per heavy atom. The van der Waals surface area contributed by atoms with Crippen LogP contribution in [0.3, 0.4) is 0 Å². The smallest absolute Gasteiger partial charge is 0.256 e. The Morgan fingerprint density at radius 1 is 0.870 bits per heavy atom. The number of aryl methyl sites for hydroxylation is 4. The molecule has 0 unspecified atom stereocenters. The van der Waals surface area contributed by atoms with Crippen LogP contribution in [0.4, 0.5) is 17.5 Å². The number of anilines is 3. The second-order valence-corrected chi connectivity index (χ2v) is 20.1. The molecule has 77 heavy (non-hydrogen) atoms. The lowest BCUT2D eigenvalue weighted by Crippen LogP contribution is -2.39. The summed E-state index contributed by atoms with van der Waals surface area (Å²) in [4.78, 5) is 60.9. The number of halogens is 1. The predicted molar refractivity (Wildman–Crippen MR) is 292 cm³/mol. The quantitative estimate of drug-likeness (QED) is 0.0332. The first kappa shape index (κ1) is 56.3. The maximum absolute atomic E-state index is 13.2. The summed E-state index contributed by atoms with van der Waals surface area (Å²) < 4.78 is 33.3. The van der Waals surface area contributed by atoms with Crippen molar-refractivity contribution in [1.82, 2.24) is 65.3 Å². The number of amides is 3. The molecule has 1 fully saturated rings. The van der Waals surface area contributed by atoms with Crippen molar-refractivity contribution in [2.45, 2.75) is 52.1 Å². The van der Waals surface area contributed by atoms with Gasteiger partial charge in [0, 0.05) is 92.4 Å². The molecule has 0 bridgehead atoms. The lowest BCUT2D eigenvalue weighted by Gasteiger charge is -2.18. The molecule has 0 radical (unpaired) electrons. The number of fused-ring (bicyclic) bond motifs is 4. The first-order chi connectivity index (χ1) is 37.3. The van der Waals surface area contributed by atoms with E-state index in [9.17, 15) is 14.4 Å². The Labute approximate surface area is 455 Å². The minimum atomic E-state index is -0.557. The van der Waals surface area contributed by atoms with Crippen LogP contribution in [0.5, 0.6) is 5.88 Å². The summed E-state index contributed by atoms with van der Waals surface area (Å²) in [7, 11) is 5.26. The molecule has 7 heterocycles. The molecule has 2 aliphatic rings. The molecule has 412 valence electrons. The number of benzene rings is 1. The molecule has 8 rings (SSSR count). The standard InChI is InChI=1S/C51H67ClN16O8S/c1-31(27-56-37-12-17-67(28-37)51-60-45(44-47(61-51)65(5)30-57-44)59-39-29-66(6)64-49(39)72-7)48(71)55-15-14-53-40(69)13-18-73-20-22-75-24-25-76-23-21-74-19-16-54-41(70)26-38-46-63-62-34(4)68(46)50-42(32(2)33(3)77-50)43(58-38)35-8-10-36(52)11-9-35/h8-11,29-30,37-38,56H,1,12-28H2,2-7H3,(H,53,69)(H,54,70)(H,55,71)(H,59,60,61)/t37-,38+/m0/s1. The van der Waals surface area contributed by atoms with Gasteiger partial charge in [-0.3, -0.25) is 28.6 Å². The zero-order valence-electron chi connectivity index (χ0n) is 44.3. The summed E-state index contributed by atoms with van der Waals surface area (Å²) in [6, 6.07) is 7.11. The van der Waals surface area contributed by atoms with Gasteiger partial charge in [0.2, 0.25) is 23.7 Å². The average molecular weight is 1100 g/mol. The second-order valence-electron chi connectivity index (χ2n) is 18.4. The van der Waals surface area contributed by atoms with Gasteiger partial charge in [0.05, 0.1) is 84.6 Å². The number of nitrogens with zero attached hydrogens (tertiary/aromatic N) is 11. The third-order valence-electron chi connectivity index (χ3n) is 12.8. The predicted octanol–water partition coefficient (Wildman–Crippen LogP) is 3.58. The van der Waals surface area contributed by atoms with Gasteiger partial charge in [-0.2, -0.15) is 9.97 Å². The number of nitrogens with one attached hydrogen (secondary N) is 5. The highest BCUT2D eigenvalue weighted by Crippen LogP contribution is 2.40. The number of rotatable bonds is 29. The van der Waals surface area contributed by atoms with E-state index in [-0.39, 0.29) is 56.3 Å². The Kier molecular flexibility index (Phi) is 19.7. The largest absolute Gasteiger partial charge is 0.478 e. The van der Waals surface area contributed by atoms with Gasteiger partial charge in [-0.1, -0.05) is 30.3 Å². The molecule has 2 aliphatic heterocycles. The van der Waals surface area contributed by atoms with Crippen molar-refractivity contribution < 1.29 is 38.1 Å². The van der Waals surface area contributed by atoms with Crippen molar-refractivity contribution in [3.63, 3.8) is 0 Å². The highest BCUT2D eigenvalue weighted by atomic mass is 35.5. The molecule has 0 spiro atoms. The third kappa shape index (κ3) is 14.6.